The Balaban J connectivity index is 2.11. The lowest BCUT2D eigenvalue weighted by molar-refractivity contribution is 0.510. The molecule has 2 bridgehead atoms. The monoisotopic (exact) mass is 163 g/mol. The van der Waals surface area contributed by atoms with E-state index in [-0.39, 0.29) is 0 Å². The van der Waals surface area contributed by atoms with Crippen LogP contribution in [0.15, 0.2) is 6.20 Å². The van der Waals surface area contributed by atoms with Crippen LogP contribution in [-0.2, 0) is 13.5 Å². The first kappa shape index (κ1) is 6.66. The highest BCUT2D eigenvalue weighted by Gasteiger charge is 2.33. The molecule has 12 heavy (non-hydrogen) atoms. The van der Waals surface area contributed by atoms with Crippen molar-refractivity contribution in [1.82, 2.24) is 15.1 Å². The van der Waals surface area contributed by atoms with E-state index in [0.29, 0.717) is 12.1 Å². The third kappa shape index (κ3) is 0.771. The molecule has 0 aromatic carbocycles. The third-order valence-corrected chi connectivity index (χ3v) is 2.99. The molecule has 2 aliphatic rings. The molecule has 3 nitrogen and oxygen atoms in total. The average Bonchev–Trinajstić information content (AvgIpc) is 2.57. The maximum Gasteiger partial charge on any atom is 0.0687 e. The molecule has 3 heteroatoms. The normalized spacial score (nSPS) is 32.1. The van der Waals surface area contributed by atoms with E-state index in [0.717, 1.165) is 6.42 Å². The molecule has 2 aliphatic heterocycles. The summed E-state index contributed by atoms with van der Waals surface area (Å²) in [6.07, 6.45) is 5.91. The molecule has 1 fully saturated rings. The number of hydrogen-bond acceptors (Lipinski definition) is 2. The van der Waals surface area contributed by atoms with Gasteiger partial charge in [-0.1, -0.05) is 0 Å². The van der Waals surface area contributed by atoms with E-state index in [1.54, 1.807) is 0 Å². The Labute approximate surface area is 71.8 Å². The Morgan fingerprint density at radius 1 is 1.58 bits per heavy atom. The Morgan fingerprint density at radius 2 is 2.50 bits per heavy atom. The molecule has 1 aromatic heterocycles. The van der Waals surface area contributed by atoms with Gasteiger partial charge in [-0.05, 0) is 12.8 Å². The number of nitrogens with one attached hydrogen (secondary N) is 1. The van der Waals surface area contributed by atoms with Crippen molar-refractivity contribution in [3.05, 3.63) is 17.5 Å². The summed E-state index contributed by atoms with van der Waals surface area (Å²) in [4.78, 5) is 0. The standard InChI is InChI=1S/C9H13N3/c1-12-5-7-8-3-2-6(10-8)4-9(7)11-12/h5-6,8,10H,2-4H2,1H3. The molecule has 2 unspecified atom stereocenters. The Hall–Kier alpha value is -0.830. The quantitative estimate of drug-likeness (QED) is 0.612. The highest BCUT2D eigenvalue weighted by atomic mass is 15.3. The SMILES string of the molecule is Cn1cc2c(n1)CC1CCC2N1. The third-order valence-electron chi connectivity index (χ3n) is 2.99. The van der Waals surface area contributed by atoms with Crippen LogP contribution in [0.2, 0.25) is 0 Å². The summed E-state index contributed by atoms with van der Waals surface area (Å²) < 4.78 is 1.94. The molecule has 0 aliphatic carbocycles. The molecule has 64 valence electrons. The van der Waals surface area contributed by atoms with Gasteiger partial charge in [0.1, 0.15) is 0 Å². The molecule has 1 saturated heterocycles. The molecule has 0 spiro atoms. The molecular formula is C9H13N3. The summed E-state index contributed by atoms with van der Waals surface area (Å²) in [5, 5.41) is 8.08. The first-order valence-electron chi connectivity index (χ1n) is 4.61. The van der Waals surface area contributed by atoms with E-state index in [4.69, 9.17) is 0 Å². The predicted octanol–water partition coefficient (Wildman–Crippen LogP) is 0.769. The molecule has 3 heterocycles. The van der Waals surface area contributed by atoms with Crippen molar-refractivity contribution in [2.75, 3.05) is 0 Å². The average molecular weight is 163 g/mol. The van der Waals surface area contributed by atoms with Crippen molar-refractivity contribution in [3.8, 4) is 0 Å². The van der Waals surface area contributed by atoms with Crippen LogP contribution >= 0.6 is 0 Å². The highest BCUT2D eigenvalue weighted by Crippen LogP contribution is 2.34. The molecule has 0 saturated carbocycles. The smallest absolute Gasteiger partial charge is 0.0687 e. The van der Waals surface area contributed by atoms with Gasteiger partial charge in [0.2, 0.25) is 0 Å². The fourth-order valence-electron chi connectivity index (χ4n) is 2.46. The van der Waals surface area contributed by atoms with Crippen LogP contribution in [-0.4, -0.2) is 15.8 Å². The Kier molecular flexibility index (Phi) is 1.17. The molecule has 0 radical (unpaired) electrons. The zero-order chi connectivity index (χ0) is 8.13. The van der Waals surface area contributed by atoms with E-state index in [1.165, 1.54) is 24.1 Å². The minimum atomic E-state index is 0.604. The Morgan fingerprint density at radius 3 is 3.42 bits per heavy atom. The van der Waals surface area contributed by atoms with Crippen LogP contribution in [0.25, 0.3) is 0 Å². The van der Waals surface area contributed by atoms with Gasteiger partial charge in [0.25, 0.3) is 0 Å². The number of aryl methyl sites for hydroxylation is 1. The van der Waals surface area contributed by atoms with Gasteiger partial charge >= 0.3 is 0 Å². The number of rotatable bonds is 0. The molecule has 1 aromatic rings. The van der Waals surface area contributed by atoms with Crippen LogP contribution in [0, 0.1) is 0 Å². The number of fused-ring (bicyclic) bond motifs is 4. The summed E-state index contributed by atoms with van der Waals surface area (Å²) in [6, 6.07) is 1.31. The van der Waals surface area contributed by atoms with Crippen molar-refractivity contribution in [3.63, 3.8) is 0 Å². The fraction of sp³-hybridized carbons (Fsp3) is 0.667. The van der Waals surface area contributed by atoms with Crippen molar-refractivity contribution < 1.29 is 0 Å². The molecule has 2 atom stereocenters. The zero-order valence-corrected chi connectivity index (χ0v) is 7.25. The van der Waals surface area contributed by atoms with Gasteiger partial charge in [-0.3, -0.25) is 4.68 Å². The van der Waals surface area contributed by atoms with E-state index in [2.05, 4.69) is 16.6 Å². The largest absolute Gasteiger partial charge is 0.307 e. The maximum absolute atomic E-state index is 4.47. The number of aromatic nitrogens is 2. The summed E-state index contributed by atoms with van der Waals surface area (Å²) in [5.74, 6) is 0. The minimum absolute atomic E-state index is 0.604. The first-order valence-corrected chi connectivity index (χ1v) is 4.61. The van der Waals surface area contributed by atoms with Gasteiger partial charge in [0, 0.05) is 37.3 Å². The maximum atomic E-state index is 4.47. The van der Waals surface area contributed by atoms with E-state index < -0.39 is 0 Å². The van der Waals surface area contributed by atoms with Crippen molar-refractivity contribution in [2.24, 2.45) is 7.05 Å². The van der Waals surface area contributed by atoms with Crippen molar-refractivity contribution >= 4 is 0 Å². The lowest BCUT2D eigenvalue weighted by atomic mass is 10.0. The molecule has 1 N–H and O–H groups in total. The molecular weight excluding hydrogens is 150 g/mol. The summed E-state index contributed by atoms with van der Waals surface area (Å²) >= 11 is 0. The van der Waals surface area contributed by atoms with Gasteiger partial charge in [-0.25, -0.2) is 0 Å². The van der Waals surface area contributed by atoms with Crippen LogP contribution in [0.5, 0.6) is 0 Å². The topological polar surface area (TPSA) is 29.9 Å². The predicted molar refractivity (Wildman–Crippen MR) is 45.8 cm³/mol. The zero-order valence-electron chi connectivity index (χ0n) is 7.25. The van der Waals surface area contributed by atoms with Gasteiger partial charge in [0.15, 0.2) is 0 Å². The van der Waals surface area contributed by atoms with Crippen LogP contribution in [0.1, 0.15) is 30.1 Å². The van der Waals surface area contributed by atoms with Gasteiger partial charge in [-0.15, -0.1) is 0 Å². The van der Waals surface area contributed by atoms with E-state index in [1.807, 2.05) is 11.7 Å². The summed E-state index contributed by atoms with van der Waals surface area (Å²) in [5.41, 5.74) is 2.76. The number of nitrogens with zero attached hydrogens (tertiary/aromatic N) is 2. The highest BCUT2D eigenvalue weighted by molar-refractivity contribution is 5.27. The van der Waals surface area contributed by atoms with Crippen LogP contribution in [0.3, 0.4) is 0 Å². The number of hydrogen-bond donors (Lipinski definition) is 1. The van der Waals surface area contributed by atoms with Gasteiger partial charge in [0.05, 0.1) is 5.69 Å². The lowest BCUT2D eigenvalue weighted by Gasteiger charge is -2.19. The van der Waals surface area contributed by atoms with Crippen molar-refractivity contribution in [1.29, 1.82) is 0 Å². The lowest BCUT2D eigenvalue weighted by Crippen LogP contribution is -2.31. The second-order valence-electron chi connectivity index (χ2n) is 3.90. The van der Waals surface area contributed by atoms with Crippen LogP contribution < -0.4 is 5.32 Å². The van der Waals surface area contributed by atoms with Crippen LogP contribution in [0.4, 0.5) is 0 Å². The second kappa shape index (κ2) is 2.10. The van der Waals surface area contributed by atoms with Crippen molar-refractivity contribution in [2.45, 2.75) is 31.3 Å². The first-order chi connectivity index (χ1) is 5.83. The molecule has 3 rings (SSSR count). The fourth-order valence-corrected chi connectivity index (χ4v) is 2.46. The summed E-state index contributed by atoms with van der Waals surface area (Å²) in [6.45, 7) is 0. The minimum Gasteiger partial charge on any atom is -0.307 e. The second-order valence-corrected chi connectivity index (χ2v) is 3.90. The van der Waals surface area contributed by atoms with Gasteiger partial charge < -0.3 is 5.32 Å². The van der Waals surface area contributed by atoms with E-state index in [9.17, 15) is 0 Å². The van der Waals surface area contributed by atoms with Gasteiger partial charge in [-0.2, -0.15) is 5.10 Å². The Bertz CT molecular complexity index is 316. The molecule has 0 amide bonds. The van der Waals surface area contributed by atoms with E-state index >= 15 is 0 Å². The summed E-state index contributed by atoms with van der Waals surface area (Å²) in [7, 11) is 2.01.